The average molecular weight is 301 g/mol. The molecule has 2 aromatic heterocycles. The van der Waals surface area contributed by atoms with Crippen LogP contribution in [0.2, 0.25) is 0 Å². The zero-order valence-corrected chi connectivity index (χ0v) is 12.4. The molecule has 0 saturated heterocycles. The molecule has 0 aliphatic rings. The van der Waals surface area contributed by atoms with E-state index >= 15 is 0 Å². The molecule has 0 radical (unpaired) electrons. The maximum absolute atomic E-state index is 14.0. The van der Waals surface area contributed by atoms with Crippen molar-refractivity contribution in [1.82, 2.24) is 19.9 Å². The van der Waals surface area contributed by atoms with Crippen LogP contribution in [-0.4, -0.2) is 27.0 Å². The molecule has 0 fully saturated rings. The zero-order valence-electron chi connectivity index (χ0n) is 12.4. The lowest BCUT2D eigenvalue weighted by molar-refractivity contribution is 0.415. The van der Waals surface area contributed by atoms with E-state index in [1.54, 1.807) is 7.11 Å². The van der Waals surface area contributed by atoms with Crippen LogP contribution >= 0.6 is 0 Å². The van der Waals surface area contributed by atoms with Gasteiger partial charge in [-0.3, -0.25) is 0 Å². The summed E-state index contributed by atoms with van der Waals surface area (Å²) in [4.78, 5) is 15.4. The summed E-state index contributed by atoms with van der Waals surface area (Å²) >= 11 is 0. The summed E-state index contributed by atoms with van der Waals surface area (Å²) in [6.45, 7) is 2.19. The first-order valence-corrected chi connectivity index (χ1v) is 6.97. The molecule has 2 N–H and O–H groups in total. The number of aryl methyl sites for hydroxylation is 1. The number of rotatable bonds is 5. The van der Waals surface area contributed by atoms with E-state index in [0.29, 0.717) is 24.5 Å². The van der Waals surface area contributed by atoms with Gasteiger partial charge in [-0.2, -0.15) is 0 Å². The summed E-state index contributed by atoms with van der Waals surface area (Å²) in [6, 6.07) is 5.58. The van der Waals surface area contributed by atoms with E-state index in [2.05, 4.69) is 25.3 Å². The van der Waals surface area contributed by atoms with Crippen LogP contribution in [0, 0.1) is 5.82 Å². The number of anilines is 1. The van der Waals surface area contributed by atoms with E-state index < -0.39 is 5.82 Å². The van der Waals surface area contributed by atoms with Gasteiger partial charge in [0, 0.05) is 6.07 Å². The first kappa shape index (κ1) is 14.2. The molecule has 3 aromatic rings. The molecule has 0 amide bonds. The molecule has 0 bridgehead atoms. The van der Waals surface area contributed by atoms with Crippen LogP contribution in [-0.2, 0) is 13.0 Å². The molecule has 0 saturated carbocycles. The molecule has 3 rings (SSSR count). The highest BCUT2D eigenvalue weighted by Gasteiger charge is 2.10. The van der Waals surface area contributed by atoms with Gasteiger partial charge in [0.1, 0.15) is 17.9 Å². The van der Waals surface area contributed by atoms with Crippen LogP contribution in [0.1, 0.15) is 18.4 Å². The summed E-state index contributed by atoms with van der Waals surface area (Å²) in [7, 11) is 1.61. The Morgan fingerprint density at radius 2 is 2.18 bits per heavy atom. The number of nitrogens with zero attached hydrogens (tertiary/aromatic N) is 3. The van der Waals surface area contributed by atoms with Crippen molar-refractivity contribution in [1.29, 1.82) is 0 Å². The average Bonchev–Trinajstić information content (AvgIpc) is 2.95. The fourth-order valence-corrected chi connectivity index (χ4v) is 2.20. The number of fused-ring (bicyclic) bond motifs is 1. The Labute approximate surface area is 126 Å². The fraction of sp³-hybridized carbons (Fsp3) is 0.267. The highest BCUT2D eigenvalue weighted by Crippen LogP contribution is 2.19. The number of halogens is 1. The first-order chi connectivity index (χ1) is 10.7. The normalized spacial score (nSPS) is 10.9. The van der Waals surface area contributed by atoms with Crippen molar-refractivity contribution in [2.75, 3.05) is 12.4 Å². The molecule has 0 spiro atoms. The van der Waals surface area contributed by atoms with Gasteiger partial charge in [-0.05, 0) is 18.6 Å². The topological polar surface area (TPSA) is 75.7 Å². The number of imidazole rings is 1. The standard InChI is InChI=1S/C15H16FN5O/c1-3-10-14(16)15(19-8-18-10)17-7-13-20-11-5-4-9(22-2)6-12(11)21-13/h4-6,8H,3,7H2,1-2H3,(H,20,21)(H,17,18,19). The number of H-pyrrole nitrogens is 1. The molecule has 0 aliphatic heterocycles. The summed E-state index contributed by atoms with van der Waals surface area (Å²) in [6.07, 6.45) is 1.88. The third-order valence-corrected chi connectivity index (χ3v) is 3.36. The van der Waals surface area contributed by atoms with Crippen LogP contribution in [0.25, 0.3) is 11.0 Å². The number of nitrogens with one attached hydrogen (secondary N) is 2. The Hall–Kier alpha value is -2.70. The number of aromatic amines is 1. The third-order valence-electron chi connectivity index (χ3n) is 3.36. The maximum Gasteiger partial charge on any atom is 0.186 e. The monoisotopic (exact) mass is 301 g/mol. The first-order valence-electron chi connectivity index (χ1n) is 6.97. The van der Waals surface area contributed by atoms with Crippen LogP contribution in [0.3, 0.4) is 0 Å². The fourth-order valence-electron chi connectivity index (χ4n) is 2.20. The minimum absolute atomic E-state index is 0.185. The Morgan fingerprint density at radius 1 is 1.32 bits per heavy atom. The van der Waals surface area contributed by atoms with Crippen LogP contribution in [0.15, 0.2) is 24.5 Å². The highest BCUT2D eigenvalue weighted by atomic mass is 19.1. The molecule has 0 aliphatic carbocycles. The number of benzene rings is 1. The lowest BCUT2D eigenvalue weighted by Gasteiger charge is -2.06. The number of hydrogen-bond acceptors (Lipinski definition) is 5. The van der Waals surface area contributed by atoms with Gasteiger partial charge in [-0.25, -0.2) is 19.3 Å². The minimum atomic E-state index is -0.414. The molecular weight excluding hydrogens is 285 g/mol. The number of methoxy groups -OCH3 is 1. The van der Waals surface area contributed by atoms with Crippen molar-refractivity contribution in [2.24, 2.45) is 0 Å². The van der Waals surface area contributed by atoms with Gasteiger partial charge in [-0.15, -0.1) is 0 Å². The van der Waals surface area contributed by atoms with Gasteiger partial charge in [0.05, 0.1) is 30.4 Å². The molecule has 114 valence electrons. The number of aromatic nitrogens is 4. The highest BCUT2D eigenvalue weighted by molar-refractivity contribution is 5.76. The van der Waals surface area contributed by atoms with Gasteiger partial charge >= 0.3 is 0 Å². The summed E-state index contributed by atoms with van der Waals surface area (Å²) in [5.41, 5.74) is 2.09. The van der Waals surface area contributed by atoms with Crippen LogP contribution in [0.5, 0.6) is 5.75 Å². The van der Waals surface area contributed by atoms with Crippen LogP contribution in [0.4, 0.5) is 10.2 Å². The van der Waals surface area contributed by atoms with Crippen LogP contribution < -0.4 is 10.1 Å². The largest absolute Gasteiger partial charge is 0.497 e. The second-order valence-electron chi connectivity index (χ2n) is 4.76. The molecule has 22 heavy (non-hydrogen) atoms. The Morgan fingerprint density at radius 3 is 2.95 bits per heavy atom. The molecular formula is C15H16FN5O. The second kappa shape index (κ2) is 5.97. The van der Waals surface area contributed by atoms with Crippen molar-refractivity contribution in [3.63, 3.8) is 0 Å². The van der Waals surface area contributed by atoms with E-state index in [1.165, 1.54) is 6.33 Å². The van der Waals surface area contributed by atoms with Gasteiger partial charge in [0.25, 0.3) is 0 Å². The van der Waals surface area contributed by atoms with Crippen molar-refractivity contribution in [2.45, 2.75) is 19.9 Å². The van der Waals surface area contributed by atoms with Gasteiger partial charge in [-0.1, -0.05) is 6.92 Å². The van der Waals surface area contributed by atoms with Crippen molar-refractivity contribution >= 4 is 16.9 Å². The number of hydrogen-bond donors (Lipinski definition) is 2. The van der Waals surface area contributed by atoms with Crippen molar-refractivity contribution < 1.29 is 9.13 Å². The van der Waals surface area contributed by atoms with E-state index in [4.69, 9.17) is 4.74 Å². The molecule has 6 nitrogen and oxygen atoms in total. The summed E-state index contributed by atoms with van der Waals surface area (Å²) in [5.74, 6) is 1.22. The molecule has 1 aromatic carbocycles. The zero-order chi connectivity index (χ0) is 15.5. The predicted molar refractivity (Wildman–Crippen MR) is 81.3 cm³/mol. The summed E-state index contributed by atoms with van der Waals surface area (Å²) in [5, 5.41) is 2.94. The van der Waals surface area contributed by atoms with E-state index in [9.17, 15) is 4.39 Å². The Bertz CT molecular complexity index is 802. The van der Waals surface area contributed by atoms with Crippen molar-refractivity contribution in [3.8, 4) is 5.75 Å². The van der Waals surface area contributed by atoms with Crippen molar-refractivity contribution in [3.05, 3.63) is 41.9 Å². The predicted octanol–water partition coefficient (Wildman–Crippen LogP) is 2.68. The molecule has 2 heterocycles. The molecule has 7 heteroatoms. The van der Waals surface area contributed by atoms with Gasteiger partial charge in [0.15, 0.2) is 11.6 Å². The van der Waals surface area contributed by atoms with Gasteiger partial charge in [0.2, 0.25) is 0 Å². The second-order valence-corrected chi connectivity index (χ2v) is 4.76. The van der Waals surface area contributed by atoms with Gasteiger partial charge < -0.3 is 15.0 Å². The maximum atomic E-state index is 14.0. The Balaban J connectivity index is 1.79. The Kier molecular flexibility index (Phi) is 3.86. The van der Waals surface area contributed by atoms with E-state index in [-0.39, 0.29) is 5.82 Å². The minimum Gasteiger partial charge on any atom is -0.497 e. The number of ether oxygens (including phenoxy) is 1. The lowest BCUT2D eigenvalue weighted by Crippen LogP contribution is -2.07. The summed E-state index contributed by atoms with van der Waals surface area (Å²) < 4.78 is 19.2. The quantitative estimate of drug-likeness (QED) is 0.757. The molecule has 0 unspecified atom stereocenters. The van der Waals surface area contributed by atoms with E-state index in [0.717, 1.165) is 16.8 Å². The smallest absolute Gasteiger partial charge is 0.186 e. The lowest BCUT2D eigenvalue weighted by atomic mass is 10.3. The SMILES string of the molecule is CCc1ncnc(NCc2nc3ccc(OC)cc3[nH]2)c1F. The van der Waals surface area contributed by atoms with E-state index in [1.807, 2.05) is 25.1 Å². The third kappa shape index (κ3) is 2.69. The molecule has 0 atom stereocenters.